The molecule has 132 valence electrons. The second kappa shape index (κ2) is 8.39. The third kappa shape index (κ3) is 6.00. The van der Waals surface area contributed by atoms with Gasteiger partial charge in [-0.15, -0.1) is 0 Å². The van der Waals surface area contributed by atoms with Crippen molar-refractivity contribution in [3.63, 3.8) is 0 Å². The van der Waals surface area contributed by atoms with Crippen molar-refractivity contribution in [1.29, 1.82) is 0 Å². The van der Waals surface area contributed by atoms with E-state index in [1.54, 1.807) is 13.0 Å². The van der Waals surface area contributed by atoms with Gasteiger partial charge in [0.25, 0.3) is 0 Å². The minimum absolute atomic E-state index is 0.0708. The van der Waals surface area contributed by atoms with E-state index < -0.39 is 23.2 Å². The predicted octanol–water partition coefficient (Wildman–Crippen LogP) is 2.26. The van der Waals surface area contributed by atoms with Crippen LogP contribution in [0, 0.1) is 5.82 Å². The largest absolute Gasteiger partial charge is 0.388 e. The van der Waals surface area contributed by atoms with Crippen molar-refractivity contribution < 1.29 is 19.1 Å². The number of para-hydroxylation sites is 1. The maximum atomic E-state index is 13.5. The smallest absolute Gasteiger partial charge is 0.313 e. The monoisotopic (exact) mass is 344 g/mol. The summed E-state index contributed by atoms with van der Waals surface area (Å²) in [7, 11) is 0. The first-order valence-corrected chi connectivity index (χ1v) is 7.97. The molecule has 6 heteroatoms. The van der Waals surface area contributed by atoms with Gasteiger partial charge in [-0.1, -0.05) is 42.5 Å². The van der Waals surface area contributed by atoms with Crippen molar-refractivity contribution >= 4 is 17.5 Å². The molecule has 0 heterocycles. The van der Waals surface area contributed by atoms with Gasteiger partial charge in [-0.05, 0) is 37.5 Å². The molecule has 25 heavy (non-hydrogen) atoms. The van der Waals surface area contributed by atoms with Gasteiger partial charge >= 0.3 is 11.8 Å². The summed E-state index contributed by atoms with van der Waals surface area (Å²) in [6, 6.07) is 15.2. The van der Waals surface area contributed by atoms with Crippen LogP contribution in [0.5, 0.6) is 0 Å². The van der Waals surface area contributed by atoms with Gasteiger partial charge in [-0.25, -0.2) is 4.39 Å². The molecule has 0 saturated carbocycles. The number of amides is 2. The lowest BCUT2D eigenvalue weighted by molar-refractivity contribution is -0.136. The zero-order valence-corrected chi connectivity index (χ0v) is 14.0. The van der Waals surface area contributed by atoms with Gasteiger partial charge in [0.05, 0.1) is 11.3 Å². The number of carbonyl (C=O) groups excluding carboxylic acids is 2. The third-order valence-electron chi connectivity index (χ3n) is 3.75. The number of halogens is 1. The van der Waals surface area contributed by atoms with Crippen molar-refractivity contribution in [1.82, 2.24) is 5.32 Å². The molecule has 3 N–H and O–H groups in total. The normalized spacial score (nSPS) is 12.9. The fourth-order valence-corrected chi connectivity index (χ4v) is 2.24. The Balaban J connectivity index is 1.81. The van der Waals surface area contributed by atoms with Crippen LogP contribution in [0.4, 0.5) is 10.1 Å². The summed E-state index contributed by atoms with van der Waals surface area (Å²) in [5.41, 5.74) is -0.158. The molecule has 5 nitrogen and oxygen atoms in total. The molecular weight excluding hydrogens is 323 g/mol. The van der Waals surface area contributed by atoms with Gasteiger partial charge in [0.2, 0.25) is 0 Å². The maximum absolute atomic E-state index is 13.5. The number of anilines is 1. The Hall–Kier alpha value is -2.73. The highest BCUT2D eigenvalue weighted by Gasteiger charge is 2.23. The van der Waals surface area contributed by atoms with E-state index in [2.05, 4.69) is 10.6 Å². The van der Waals surface area contributed by atoms with Crippen LogP contribution in [-0.2, 0) is 16.0 Å². The molecule has 0 radical (unpaired) electrons. The van der Waals surface area contributed by atoms with Gasteiger partial charge in [0.15, 0.2) is 0 Å². The van der Waals surface area contributed by atoms with Gasteiger partial charge < -0.3 is 15.7 Å². The maximum Gasteiger partial charge on any atom is 0.313 e. The summed E-state index contributed by atoms with van der Waals surface area (Å²) in [5.74, 6) is -2.54. The van der Waals surface area contributed by atoms with E-state index in [-0.39, 0.29) is 12.2 Å². The van der Waals surface area contributed by atoms with Crippen LogP contribution in [0.25, 0.3) is 0 Å². The minimum Gasteiger partial charge on any atom is -0.388 e. The number of rotatable bonds is 6. The number of nitrogens with one attached hydrogen (secondary N) is 2. The van der Waals surface area contributed by atoms with Crippen molar-refractivity contribution in [3.8, 4) is 0 Å². The second-order valence-corrected chi connectivity index (χ2v) is 6.10. The van der Waals surface area contributed by atoms with Gasteiger partial charge in [-0.2, -0.15) is 0 Å². The molecule has 0 aliphatic heterocycles. The van der Waals surface area contributed by atoms with E-state index in [0.717, 1.165) is 5.56 Å². The molecule has 0 saturated heterocycles. The Labute approximate surface area is 145 Å². The predicted molar refractivity (Wildman–Crippen MR) is 93.4 cm³/mol. The molecule has 2 rings (SSSR count). The lowest BCUT2D eigenvalue weighted by Crippen LogP contribution is -2.44. The van der Waals surface area contributed by atoms with E-state index >= 15 is 0 Å². The molecular formula is C19H21FN2O3. The number of benzene rings is 2. The van der Waals surface area contributed by atoms with Crippen molar-refractivity contribution in [2.24, 2.45) is 0 Å². The Morgan fingerprint density at radius 3 is 2.36 bits per heavy atom. The van der Waals surface area contributed by atoms with Crippen molar-refractivity contribution in [2.45, 2.75) is 25.4 Å². The zero-order chi connectivity index (χ0) is 18.3. The molecule has 0 aliphatic rings. The SMILES string of the molecule is CC(O)(CCc1ccccc1)CNC(=O)C(=O)Nc1ccccc1F. The van der Waals surface area contributed by atoms with E-state index in [0.29, 0.717) is 12.8 Å². The van der Waals surface area contributed by atoms with Crippen LogP contribution in [-0.4, -0.2) is 29.1 Å². The van der Waals surface area contributed by atoms with Crippen LogP contribution in [0.3, 0.4) is 0 Å². The lowest BCUT2D eigenvalue weighted by atomic mass is 9.97. The first kappa shape index (κ1) is 18.6. The van der Waals surface area contributed by atoms with E-state index in [1.807, 2.05) is 30.3 Å². The summed E-state index contributed by atoms with van der Waals surface area (Å²) >= 11 is 0. The fourth-order valence-electron chi connectivity index (χ4n) is 2.24. The van der Waals surface area contributed by atoms with E-state index in [4.69, 9.17) is 0 Å². The number of hydrogen-bond donors (Lipinski definition) is 3. The summed E-state index contributed by atoms with van der Waals surface area (Å²) in [6.07, 6.45) is 1.07. The number of hydrogen-bond acceptors (Lipinski definition) is 3. The summed E-state index contributed by atoms with van der Waals surface area (Å²) in [6.45, 7) is 1.51. The average Bonchev–Trinajstić information content (AvgIpc) is 2.61. The van der Waals surface area contributed by atoms with Crippen LogP contribution in [0.1, 0.15) is 18.9 Å². The summed E-state index contributed by atoms with van der Waals surface area (Å²) in [4.78, 5) is 23.6. The highest BCUT2D eigenvalue weighted by atomic mass is 19.1. The first-order valence-electron chi connectivity index (χ1n) is 7.97. The molecule has 0 spiro atoms. The van der Waals surface area contributed by atoms with E-state index in [9.17, 15) is 19.1 Å². The Morgan fingerprint density at radius 2 is 1.68 bits per heavy atom. The lowest BCUT2D eigenvalue weighted by Gasteiger charge is -2.23. The molecule has 0 fully saturated rings. The zero-order valence-electron chi connectivity index (χ0n) is 14.0. The van der Waals surface area contributed by atoms with Crippen molar-refractivity contribution in [3.05, 3.63) is 66.0 Å². The molecule has 2 aromatic rings. The average molecular weight is 344 g/mol. The Morgan fingerprint density at radius 1 is 1.04 bits per heavy atom. The van der Waals surface area contributed by atoms with Crippen LogP contribution in [0.15, 0.2) is 54.6 Å². The fraction of sp³-hybridized carbons (Fsp3) is 0.263. The number of aliphatic hydroxyl groups is 1. The minimum atomic E-state index is -1.16. The van der Waals surface area contributed by atoms with Gasteiger partial charge in [-0.3, -0.25) is 9.59 Å². The Kier molecular flexibility index (Phi) is 6.25. The van der Waals surface area contributed by atoms with Crippen LogP contribution < -0.4 is 10.6 Å². The van der Waals surface area contributed by atoms with Gasteiger partial charge in [0, 0.05) is 6.54 Å². The third-order valence-corrected chi connectivity index (χ3v) is 3.75. The molecule has 1 atom stereocenters. The standard InChI is InChI=1S/C19H21FN2O3/c1-19(25,12-11-14-7-3-2-4-8-14)13-21-17(23)18(24)22-16-10-6-5-9-15(16)20/h2-10,25H,11-13H2,1H3,(H,21,23)(H,22,24). The molecule has 0 aliphatic carbocycles. The van der Waals surface area contributed by atoms with Gasteiger partial charge in [0.1, 0.15) is 5.82 Å². The van der Waals surface area contributed by atoms with E-state index in [1.165, 1.54) is 18.2 Å². The van der Waals surface area contributed by atoms with Crippen molar-refractivity contribution in [2.75, 3.05) is 11.9 Å². The number of aryl methyl sites for hydroxylation is 1. The summed E-state index contributed by atoms with van der Waals surface area (Å²) < 4.78 is 13.5. The summed E-state index contributed by atoms with van der Waals surface area (Å²) in [5, 5.41) is 14.9. The number of carbonyl (C=O) groups is 2. The Bertz CT molecular complexity index is 732. The quantitative estimate of drug-likeness (QED) is 0.704. The van der Waals surface area contributed by atoms with Crippen LogP contribution >= 0.6 is 0 Å². The highest BCUT2D eigenvalue weighted by Crippen LogP contribution is 2.14. The highest BCUT2D eigenvalue weighted by molar-refractivity contribution is 6.39. The topological polar surface area (TPSA) is 78.4 Å². The van der Waals surface area contributed by atoms with Crippen LogP contribution in [0.2, 0.25) is 0 Å². The second-order valence-electron chi connectivity index (χ2n) is 6.10. The first-order chi connectivity index (χ1) is 11.9. The molecule has 2 aromatic carbocycles. The molecule has 2 amide bonds. The molecule has 1 unspecified atom stereocenters. The molecule has 0 aromatic heterocycles. The molecule has 0 bridgehead atoms.